The van der Waals surface area contributed by atoms with Crippen molar-refractivity contribution in [2.24, 2.45) is 0 Å². The minimum atomic E-state index is -0.738. The van der Waals surface area contributed by atoms with Gasteiger partial charge in [0.15, 0.2) is 6.61 Å². The fraction of sp³-hybridized carbons (Fsp3) is 0.200. The molecule has 0 saturated carbocycles. The van der Waals surface area contributed by atoms with Gasteiger partial charge in [-0.15, -0.1) is 10.2 Å². The highest BCUT2D eigenvalue weighted by atomic mass is 32.1. The van der Waals surface area contributed by atoms with Crippen LogP contribution in [-0.2, 0) is 9.59 Å². The fourth-order valence-corrected chi connectivity index (χ4v) is 3.14. The molecule has 0 radical (unpaired) electrons. The first-order valence-corrected chi connectivity index (χ1v) is 9.51. The highest BCUT2D eigenvalue weighted by Crippen LogP contribution is 2.26. The largest absolute Gasteiger partial charge is 0.484 e. The molecule has 8 heteroatoms. The van der Waals surface area contributed by atoms with Gasteiger partial charge in [-0.05, 0) is 32.0 Å². The average molecular weight is 396 g/mol. The van der Waals surface area contributed by atoms with Gasteiger partial charge in [-0.1, -0.05) is 53.3 Å². The van der Waals surface area contributed by atoms with E-state index in [0.717, 1.165) is 11.1 Å². The standard InChI is InChI=1S/C20H20N4O3S/c1-13-7-6-8-15(11-13)19-23-24-20(28-19)22-18(26)14(2)21-17(25)12-27-16-9-4-3-5-10-16/h3-11,14H,12H2,1-2H3,(H,21,25)(H,22,24,26)/t14-/m0/s1. The van der Waals surface area contributed by atoms with Crippen molar-refractivity contribution in [2.75, 3.05) is 11.9 Å². The predicted octanol–water partition coefficient (Wildman–Crippen LogP) is 3.04. The summed E-state index contributed by atoms with van der Waals surface area (Å²) in [5.41, 5.74) is 2.06. The molecule has 3 rings (SSSR count). The maximum Gasteiger partial charge on any atom is 0.258 e. The molecule has 144 valence electrons. The number of amides is 2. The Hall–Kier alpha value is -3.26. The monoisotopic (exact) mass is 396 g/mol. The van der Waals surface area contributed by atoms with Crippen LogP contribution >= 0.6 is 11.3 Å². The summed E-state index contributed by atoms with van der Waals surface area (Å²) in [6, 6.07) is 16.1. The van der Waals surface area contributed by atoms with Crippen LogP contribution in [0.3, 0.4) is 0 Å². The van der Waals surface area contributed by atoms with E-state index in [1.54, 1.807) is 19.1 Å². The topological polar surface area (TPSA) is 93.2 Å². The van der Waals surface area contributed by atoms with Gasteiger partial charge in [0, 0.05) is 5.56 Å². The first-order chi connectivity index (χ1) is 13.5. The zero-order valence-corrected chi connectivity index (χ0v) is 16.3. The van der Waals surface area contributed by atoms with Crippen molar-refractivity contribution in [3.05, 3.63) is 60.2 Å². The SMILES string of the molecule is Cc1cccc(-c2nnc(NC(=O)[C@H](C)NC(=O)COc3ccccc3)s2)c1. The van der Waals surface area contributed by atoms with Crippen LogP contribution < -0.4 is 15.4 Å². The second kappa shape index (κ2) is 9.09. The van der Waals surface area contributed by atoms with Crippen molar-refractivity contribution in [3.8, 4) is 16.3 Å². The number of aryl methyl sites for hydroxylation is 1. The van der Waals surface area contributed by atoms with Crippen LogP contribution in [-0.4, -0.2) is 34.7 Å². The summed E-state index contributed by atoms with van der Waals surface area (Å²) in [5, 5.41) is 14.5. The van der Waals surface area contributed by atoms with Crippen molar-refractivity contribution in [1.82, 2.24) is 15.5 Å². The van der Waals surface area contributed by atoms with E-state index in [1.165, 1.54) is 11.3 Å². The highest BCUT2D eigenvalue weighted by Gasteiger charge is 2.18. The van der Waals surface area contributed by atoms with Crippen LogP contribution in [0.1, 0.15) is 12.5 Å². The molecule has 1 atom stereocenters. The van der Waals surface area contributed by atoms with E-state index >= 15 is 0 Å². The smallest absolute Gasteiger partial charge is 0.258 e. The summed E-state index contributed by atoms with van der Waals surface area (Å²) in [6.45, 7) is 3.43. The molecule has 7 nitrogen and oxygen atoms in total. The molecule has 2 amide bonds. The number of nitrogens with one attached hydrogen (secondary N) is 2. The molecule has 0 saturated heterocycles. The van der Waals surface area contributed by atoms with E-state index in [0.29, 0.717) is 15.9 Å². The van der Waals surface area contributed by atoms with Gasteiger partial charge in [0.2, 0.25) is 11.0 Å². The quantitative estimate of drug-likeness (QED) is 0.640. The second-order valence-corrected chi connectivity index (χ2v) is 7.14. The number of aromatic nitrogens is 2. The van der Waals surface area contributed by atoms with Crippen LogP contribution in [0.25, 0.3) is 10.6 Å². The van der Waals surface area contributed by atoms with Gasteiger partial charge in [-0.2, -0.15) is 0 Å². The number of para-hydroxylation sites is 1. The van der Waals surface area contributed by atoms with Gasteiger partial charge in [-0.3, -0.25) is 14.9 Å². The minimum absolute atomic E-state index is 0.169. The zero-order chi connectivity index (χ0) is 19.9. The first-order valence-electron chi connectivity index (χ1n) is 8.70. The maximum absolute atomic E-state index is 12.3. The number of hydrogen-bond donors (Lipinski definition) is 2. The zero-order valence-electron chi connectivity index (χ0n) is 15.5. The molecule has 1 aromatic heterocycles. The summed E-state index contributed by atoms with van der Waals surface area (Å²) in [4.78, 5) is 24.3. The minimum Gasteiger partial charge on any atom is -0.484 e. The lowest BCUT2D eigenvalue weighted by Gasteiger charge is -2.13. The summed E-state index contributed by atoms with van der Waals surface area (Å²) in [5.74, 6) is -0.170. The van der Waals surface area contributed by atoms with Crippen molar-refractivity contribution in [2.45, 2.75) is 19.9 Å². The van der Waals surface area contributed by atoms with Crippen LogP contribution in [0.2, 0.25) is 0 Å². The molecule has 0 unspecified atom stereocenters. The molecular formula is C20H20N4O3S. The molecule has 0 spiro atoms. The van der Waals surface area contributed by atoms with Gasteiger partial charge < -0.3 is 10.1 Å². The Labute approximate surface area is 166 Å². The summed E-state index contributed by atoms with van der Waals surface area (Å²) >= 11 is 1.28. The van der Waals surface area contributed by atoms with Crippen molar-refractivity contribution in [3.63, 3.8) is 0 Å². The van der Waals surface area contributed by atoms with E-state index in [2.05, 4.69) is 20.8 Å². The number of carbonyl (C=O) groups is 2. The Morgan fingerprint density at radius 2 is 1.89 bits per heavy atom. The third-order valence-electron chi connectivity index (χ3n) is 3.80. The lowest BCUT2D eigenvalue weighted by molar-refractivity contribution is -0.127. The molecule has 2 N–H and O–H groups in total. The third kappa shape index (κ3) is 5.37. The Bertz CT molecular complexity index is 959. The summed E-state index contributed by atoms with van der Waals surface area (Å²) in [6.07, 6.45) is 0. The molecule has 0 fully saturated rings. The van der Waals surface area contributed by atoms with Gasteiger partial charge in [-0.25, -0.2) is 0 Å². The Balaban J connectivity index is 1.51. The number of anilines is 1. The van der Waals surface area contributed by atoms with Gasteiger partial charge >= 0.3 is 0 Å². The van der Waals surface area contributed by atoms with Crippen molar-refractivity contribution in [1.29, 1.82) is 0 Å². The normalized spacial score (nSPS) is 11.5. The van der Waals surface area contributed by atoms with Crippen LogP contribution in [0.4, 0.5) is 5.13 Å². The molecule has 3 aromatic rings. The summed E-state index contributed by atoms with van der Waals surface area (Å²) in [7, 11) is 0. The third-order valence-corrected chi connectivity index (χ3v) is 4.69. The molecular weight excluding hydrogens is 376 g/mol. The van der Waals surface area contributed by atoms with Crippen molar-refractivity contribution >= 4 is 28.3 Å². The fourth-order valence-electron chi connectivity index (χ4n) is 2.40. The highest BCUT2D eigenvalue weighted by molar-refractivity contribution is 7.18. The van der Waals surface area contributed by atoms with E-state index in [9.17, 15) is 9.59 Å². The Morgan fingerprint density at radius 3 is 2.64 bits per heavy atom. The number of benzene rings is 2. The number of nitrogens with zero attached hydrogens (tertiary/aromatic N) is 2. The number of rotatable bonds is 7. The molecule has 0 aliphatic heterocycles. The average Bonchev–Trinajstić information content (AvgIpc) is 3.15. The molecule has 0 aliphatic rings. The Morgan fingerprint density at radius 1 is 1.11 bits per heavy atom. The number of hydrogen-bond acceptors (Lipinski definition) is 6. The second-order valence-electron chi connectivity index (χ2n) is 6.16. The van der Waals surface area contributed by atoms with Crippen molar-refractivity contribution < 1.29 is 14.3 Å². The molecule has 28 heavy (non-hydrogen) atoms. The van der Waals surface area contributed by atoms with E-state index < -0.39 is 6.04 Å². The molecule has 0 aliphatic carbocycles. The predicted molar refractivity (Wildman–Crippen MR) is 108 cm³/mol. The van der Waals surface area contributed by atoms with Gasteiger partial charge in [0.05, 0.1) is 0 Å². The Kier molecular flexibility index (Phi) is 6.33. The number of carbonyl (C=O) groups excluding carboxylic acids is 2. The maximum atomic E-state index is 12.3. The van der Waals surface area contributed by atoms with Gasteiger partial charge in [0.25, 0.3) is 5.91 Å². The molecule has 0 bridgehead atoms. The first kappa shape index (κ1) is 19.5. The molecule has 2 aromatic carbocycles. The van der Waals surface area contributed by atoms with Crippen LogP contribution in [0, 0.1) is 6.92 Å². The lowest BCUT2D eigenvalue weighted by Crippen LogP contribution is -2.43. The summed E-state index contributed by atoms with van der Waals surface area (Å²) < 4.78 is 5.36. The van der Waals surface area contributed by atoms with E-state index in [4.69, 9.17) is 4.74 Å². The van der Waals surface area contributed by atoms with Gasteiger partial charge in [0.1, 0.15) is 16.8 Å². The van der Waals surface area contributed by atoms with E-state index in [-0.39, 0.29) is 18.4 Å². The lowest BCUT2D eigenvalue weighted by atomic mass is 10.1. The van der Waals surface area contributed by atoms with Crippen LogP contribution in [0.5, 0.6) is 5.75 Å². The van der Waals surface area contributed by atoms with E-state index in [1.807, 2.05) is 49.4 Å². The van der Waals surface area contributed by atoms with Crippen LogP contribution in [0.15, 0.2) is 54.6 Å². The number of ether oxygens (including phenoxy) is 1. The molecule has 1 heterocycles.